The molecule has 5 rings (SSSR count). The van der Waals surface area contributed by atoms with Gasteiger partial charge in [0.2, 0.25) is 29.7 Å². The summed E-state index contributed by atoms with van der Waals surface area (Å²) in [4.78, 5) is 62.5. The predicted octanol–water partition coefficient (Wildman–Crippen LogP) is 12.8. The highest BCUT2D eigenvalue weighted by atomic mass is 35.5. The minimum absolute atomic E-state index is 0.00236. The van der Waals surface area contributed by atoms with Crippen LogP contribution in [0.1, 0.15) is 88.7 Å². The van der Waals surface area contributed by atoms with Gasteiger partial charge in [-0.15, -0.1) is 0 Å². The van der Waals surface area contributed by atoms with E-state index in [1.807, 2.05) is 13.8 Å². The number of rotatable bonds is 15. The molecule has 2 atom stereocenters. The molecule has 0 spiro atoms. The number of ether oxygens (including phenoxy) is 6. The first kappa shape index (κ1) is 50.2. The summed E-state index contributed by atoms with van der Waals surface area (Å²) in [6.45, 7) is 13.2. The van der Waals surface area contributed by atoms with Crippen molar-refractivity contribution in [2.75, 3.05) is 42.7 Å². The molecule has 0 N–H and O–H groups in total. The number of hydrogen-bond donors (Lipinski definition) is 0. The number of carbonyl (C=O) groups is 4. The van der Waals surface area contributed by atoms with Crippen molar-refractivity contribution in [3.05, 3.63) is 124 Å². The van der Waals surface area contributed by atoms with Gasteiger partial charge in [0.25, 0.3) is 0 Å². The van der Waals surface area contributed by atoms with Crippen molar-refractivity contribution in [1.29, 1.82) is 0 Å². The van der Waals surface area contributed by atoms with Gasteiger partial charge in [-0.3, -0.25) is 19.2 Å². The zero-order valence-corrected chi connectivity index (χ0v) is 41.9. The second-order valence-corrected chi connectivity index (χ2v) is 20.0. The van der Waals surface area contributed by atoms with Crippen LogP contribution >= 0.6 is 53.5 Å². The Morgan fingerprint density at radius 3 is 1.06 bits per heavy atom. The standard InChI is InChI=1S/C48H49Cl4O11P/c1-22-17-24(3)29(25(4)18-22)45(55)64(57,46(56)30-26(5)19-23(2)20-27(30)6)28-21-47(7,43(53)31-33(49)37(58-9)41(62-13)38(59-10)34(31)50)15-16-48(28,8)44(54)32-35(51)39(60-11)42(63-14)40(61-12)36(32)52/h15-21H,1-14H3. The second kappa shape index (κ2) is 18.6. The van der Waals surface area contributed by atoms with E-state index in [0.29, 0.717) is 22.3 Å². The molecule has 64 heavy (non-hydrogen) atoms. The van der Waals surface area contributed by atoms with Crippen LogP contribution in [-0.4, -0.2) is 65.3 Å². The highest BCUT2D eigenvalue weighted by Gasteiger charge is 2.57. The molecular formula is C48H49Cl4O11P. The van der Waals surface area contributed by atoms with Crippen LogP contribution in [-0.2, 0) is 4.57 Å². The fourth-order valence-corrected chi connectivity index (χ4v) is 13.3. The van der Waals surface area contributed by atoms with Gasteiger partial charge in [-0.25, -0.2) is 0 Å². The molecule has 0 fully saturated rings. The lowest BCUT2D eigenvalue weighted by atomic mass is 9.70. The summed E-state index contributed by atoms with van der Waals surface area (Å²) in [5.41, 5.74) is -3.63. The molecule has 0 saturated heterocycles. The Morgan fingerprint density at radius 2 is 0.766 bits per heavy atom. The number of allylic oxidation sites excluding steroid dienone is 4. The number of benzene rings is 4. The van der Waals surface area contributed by atoms with Crippen LogP contribution in [0.15, 0.2) is 47.8 Å². The predicted molar refractivity (Wildman–Crippen MR) is 252 cm³/mol. The Morgan fingerprint density at radius 1 is 0.469 bits per heavy atom. The molecular weight excluding hydrogens is 925 g/mol. The van der Waals surface area contributed by atoms with Gasteiger partial charge in [0.15, 0.2) is 34.6 Å². The number of halogens is 4. The largest absolute Gasteiger partial charge is 0.491 e. The van der Waals surface area contributed by atoms with Gasteiger partial charge >= 0.3 is 0 Å². The molecule has 2 unspecified atom stereocenters. The fourth-order valence-electron chi connectivity index (χ4n) is 8.60. The van der Waals surface area contributed by atoms with Crippen LogP contribution in [0.4, 0.5) is 0 Å². The fraction of sp³-hybridized carbons (Fsp3) is 0.333. The van der Waals surface area contributed by atoms with Gasteiger partial charge in [-0.2, -0.15) is 0 Å². The third-order valence-electron chi connectivity index (χ3n) is 11.6. The highest BCUT2D eigenvalue weighted by molar-refractivity contribution is 7.98. The van der Waals surface area contributed by atoms with Gasteiger partial charge in [0.05, 0.1) is 84.7 Å². The normalized spacial score (nSPS) is 17.1. The summed E-state index contributed by atoms with van der Waals surface area (Å²) < 4.78 is 50.2. The maximum atomic E-state index is 17.0. The van der Waals surface area contributed by atoms with Crippen LogP contribution in [0.3, 0.4) is 0 Å². The molecule has 0 bridgehead atoms. The maximum absolute atomic E-state index is 17.0. The monoisotopic (exact) mass is 972 g/mol. The van der Waals surface area contributed by atoms with Gasteiger partial charge in [-0.05, 0) is 77.6 Å². The van der Waals surface area contributed by atoms with E-state index in [4.69, 9.17) is 74.8 Å². The molecule has 0 aliphatic heterocycles. The topological polar surface area (TPSA) is 141 Å². The number of hydrogen-bond acceptors (Lipinski definition) is 11. The molecule has 0 saturated carbocycles. The SMILES string of the molecule is COc1c(Cl)c(C(=O)C2(C)C=CC(C)(C(=O)c3c(Cl)c(OC)c(OC)c(OC)c3Cl)C(P(=O)(C(=O)c3c(C)cc(C)cc3C)C(=O)c3c(C)cc(C)cc3C)=C2)c(Cl)c(OC)c1OC. The molecule has 16 heteroatoms. The summed E-state index contributed by atoms with van der Waals surface area (Å²) in [5.74, 6) is -2.19. The minimum Gasteiger partial charge on any atom is -0.491 e. The van der Waals surface area contributed by atoms with E-state index in [0.717, 1.165) is 11.1 Å². The molecule has 0 amide bonds. The second-order valence-electron chi connectivity index (χ2n) is 16.0. The molecule has 1 aliphatic rings. The van der Waals surface area contributed by atoms with E-state index in [2.05, 4.69) is 0 Å². The number of Topliss-reactive ketones (excluding diaryl/α,β-unsaturated/α-hetero) is 2. The zero-order valence-electron chi connectivity index (χ0n) is 38.0. The molecule has 0 aromatic heterocycles. The Balaban J connectivity index is 2.02. The van der Waals surface area contributed by atoms with E-state index in [-0.39, 0.29) is 76.8 Å². The lowest BCUT2D eigenvalue weighted by molar-refractivity contribution is 0.0870. The van der Waals surface area contributed by atoms with E-state index in [1.54, 1.807) is 52.0 Å². The lowest BCUT2D eigenvalue weighted by Crippen LogP contribution is -2.38. The average molecular weight is 975 g/mol. The Labute approximate surface area is 393 Å². The van der Waals surface area contributed by atoms with Crippen LogP contribution in [0.5, 0.6) is 34.5 Å². The Kier molecular flexibility index (Phi) is 14.6. The molecule has 0 radical (unpaired) electrons. The van der Waals surface area contributed by atoms with Crippen LogP contribution in [0.25, 0.3) is 0 Å². The molecule has 0 heterocycles. The van der Waals surface area contributed by atoms with Gasteiger partial charge in [0.1, 0.15) is 0 Å². The van der Waals surface area contributed by atoms with Crippen molar-refractivity contribution in [2.45, 2.75) is 55.4 Å². The summed E-state index contributed by atoms with van der Waals surface area (Å²) in [6, 6.07) is 6.92. The molecule has 1 aliphatic carbocycles. The average Bonchev–Trinajstić information content (AvgIpc) is 3.22. The van der Waals surface area contributed by atoms with E-state index in [1.165, 1.54) is 74.7 Å². The number of methoxy groups -OCH3 is 6. The summed E-state index contributed by atoms with van der Waals surface area (Å²) in [7, 11) is 2.48. The smallest absolute Gasteiger partial charge is 0.245 e. The van der Waals surface area contributed by atoms with E-state index >= 15 is 23.7 Å². The van der Waals surface area contributed by atoms with E-state index in [9.17, 15) is 0 Å². The van der Waals surface area contributed by atoms with Crippen molar-refractivity contribution in [1.82, 2.24) is 0 Å². The number of aryl methyl sites for hydroxylation is 6. The summed E-state index contributed by atoms with van der Waals surface area (Å²) in [6.07, 6.45) is 3.88. The van der Waals surface area contributed by atoms with Gasteiger partial charge < -0.3 is 33.0 Å². The lowest BCUT2D eigenvalue weighted by Gasteiger charge is -2.39. The Hall–Kier alpha value is -4.77. The van der Waals surface area contributed by atoms with Gasteiger partial charge in [0, 0.05) is 16.4 Å². The Bertz CT molecular complexity index is 2610. The van der Waals surface area contributed by atoms with Gasteiger partial charge in [-0.1, -0.05) is 100 Å². The van der Waals surface area contributed by atoms with Crippen LogP contribution in [0.2, 0.25) is 20.1 Å². The van der Waals surface area contributed by atoms with Crippen molar-refractivity contribution in [3.8, 4) is 34.5 Å². The van der Waals surface area contributed by atoms with Crippen molar-refractivity contribution >= 4 is 76.2 Å². The number of carbonyl (C=O) groups excluding carboxylic acids is 4. The van der Waals surface area contributed by atoms with Crippen molar-refractivity contribution in [3.63, 3.8) is 0 Å². The van der Waals surface area contributed by atoms with E-state index < -0.39 is 45.9 Å². The quantitative estimate of drug-likeness (QED) is 0.0638. The minimum atomic E-state index is -5.37. The molecule has 4 aromatic carbocycles. The van der Waals surface area contributed by atoms with Crippen molar-refractivity contribution in [2.24, 2.45) is 10.8 Å². The first-order valence-corrected chi connectivity index (χ1v) is 22.9. The zero-order chi connectivity index (χ0) is 48.1. The summed E-state index contributed by atoms with van der Waals surface area (Å²) >= 11 is 27.7. The van der Waals surface area contributed by atoms with Crippen molar-refractivity contribution < 1.29 is 52.2 Å². The van der Waals surface area contributed by atoms with Crippen LogP contribution in [0, 0.1) is 52.4 Å². The highest BCUT2D eigenvalue weighted by Crippen LogP contribution is 2.69. The first-order valence-electron chi connectivity index (χ1n) is 19.6. The first-order chi connectivity index (χ1) is 29.9. The van der Waals surface area contributed by atoms with Crippen LogP contribution < -0.4 is 28.4 Å². The third kappa shape index (κ3) is 7.91. The molecule has 11 nitrogen and oxygen atoms in total. The third-order valence-corrected chi connectivity index (χ3v) is 15.9. The molecule has 4 aromatic rings. The maximum Gasteiger partial charge on any atom is 0.245 e. The molecule has 340 valence electrons. The summed E-state index contributed by atoms with van der Waals surface area (Å²) in [5, 5.41) is -1.64. The number of ketones is 2.